The summed E-state index contributed by atoms with van der Waals surface area (Å²) in [5.41, 5.74) is 0.723. The first-order valence-corrected chi connectivity index (χ1v) is 11.0. The maximum absolute atomic E-state index is 11.9. The third kappa shape index (κ3) is 7.01. The summed E-state index contributed by atoms with van der Waals surface area (Å²) in [7, 11) is 6.02. The Balaban J connectivity index is 1.72. The highest BCUT2D eigenvalue weighted by molar-refractivity contribution is 8.76. The molecule has 0 aliphatic heterocycles. The number of carboxylic acid groups (broad SMARTS) is 1. The van der Waals surface area contributed by atoms with Gasteiger partial charge in [-0.25, -0.2) is 0 Å². The van der Waals surface area contributed by atoms with Crippen LogP contribution in [-0.2, 0) is 9.59 Å². The molecule has 0 aliphatic rings. The zero-order valence-electron chi connectivity index (χ0n) is 15.6. The Morgan fingerprint density at radius 2 is 1.43 bits per heavy atom. The molecule has 6 nitrogen and oxygen atoms in total. The van der Waals surface area contributed by atoms with Crippen LogP contribution in [0.2, 0.25) is 0 Å². The third-order valence-corrected chi connectivity index (χ3v) is 6.23. The minimum Gasteiger partial charge on any atom is -0.497 e. The van der Waals surface area contributed by atoms with Gasteiger partial charge in [0.1, 0.15) is 17.2 Å². The number of esters is 1. The molecule has 8 heteroatoms. The lowest BCUT2D eigenvalue weighted by Gasteiger charge is -2.12. The average molecular weight is 423 g/mol. The predicted molar refractivity (Wildman–Crippen MR) is 112 cm³/mol. The molecule has 1 atom stereocenters. The normalized spacial score (nSPS) is 11.5. The highest BCUT2D eigenvalue weighted by Crippen LogP contribution is 2.30. The van der Waals surface area contributed by atoms with E-state index in [1.54, 1.807) is 62.8 Å². The first-order valence-electron chi connectivity index (χ1n) is 8.49. The van der Waals surface area contributed by atoms with E-state index in [1.807, 2.05) is 0 Å². The van der Waals surface area contributed by atoms with Crippen molar-refractivity contribution in [2.75, 3.05) is 25.7 Å². The molecule has 150 valence electrons. The van der Waals surface area contributed by atoms with Crippen LogP contribution in [0.4, 0.5) is 0 Å². The van der Waals surface area contributed by atoms with E-state index >= 15 is 0 Å². The van der Waals surface area contributed by atoms with E-state index in [2.05, 4.69) is 0 Å². The lowest BCUT2D eigenvalue weighted by molar-refractivity contribution is -0.138. The number of benzene rings is 2. The Labute approximate surface area is 172 Å². The van der Waals surface area contributed by atoms with Crippen molar-refractivity contribution in [2.24, 2.45) is 0 Å². The summed E-state index contributed by atoms with van der Waals surface area (Å²) in [5.74, 6) is 0.958. The molecule has 0 amide bonds. The molecule has 2 aromatic carbocycles. The average Bonchev–Trinajstić information content (AvgIpc) is 2.71. The summed E-state index contributed by atoms with van der Waals surface area (Å²) in [6, 6.07) is 13.8. The SMILES string of the molecule is COc1ccc(OC(=O)CCSSCC(C(=O)O)c2ccc(OC)cc2)cc1. The maximum Gasteiger partial charge on any atom is 0.312 e. The Hall–Kier alpha value is -2.32. The molecule has 1 unspecified atom stereocenters. The predicted octanol–water partition coefficient (Wildman–Crippen LogP) is 4.25. The molecule has 0 spiro atoms. The third-order valence-electron chi connectivity index (χ3n) is 3.81. The molecule has 0 saturated carbocycles. The van der Waals surface area contributed by atoms with Gasteiger partial charge in [-0.15, -0.1) is 0 Å². The highest BCUT2D eigenvalue weighted by Gasteiger charge is 2.20. The van der Waals surface area contributed by atoms with Crippen molar-refractivity contribution in [1.29, 1.82) is 0 Å². The molecular weight excluding hydrogens is 400 g/mol. The van der Waals surface area contributed by atoms with Gasteiger partial charge in [-0.1, -0.05) is 33.7 Å². The van der Waals surface area contributed by atoms with Gasteiger partial charge >= 0.3 is 11.9 Å². The quantitative estimate of drug-likeness (QED) is 0.249. The van der Waals surface area contributed by atoms with Crippen molar-refractivity contribution in [3.63, 3.8) is 0 Å². The minimum atomic E-state index is -0.878. The lowest BCUT2D eigenvalue weighted by atomic mass is 10.0. The van der Waals surface area contributed by atoms with Crippen LogP contribution in [0.15, 0.2) is 48.5 Å². The highest BCUT2D eigenvalue weighted by atomic mass is 33.1. The molecule has 28 heavy (non-hydrogen) atoms. The Bertz CT molecular complexity index is 761. The van der Waals surface area contributed by atoms with Gasteiger partial charge in [-0.3, -0.25) is 9.59 Å². The number of rotatable bonds is 11. The van der Waals surface area contributed by atoms with Crippen molar-refractivity contribution < 1.29 is 28.9 Å². The zero-order chi connectivity index (χ0) is 20.4. The number of methoxy groups -OCH3 is 2. The fourth-order valence-corrected chi connectivity index (χ4v) is 4.51. The molecule has 0 heterocycles. The van der Waals surface area contributed by atoms with Gasteiger partial charge in [-0.2, -0.15) is 0 Å². The molecule has 0 fully saturated rings. The summed E-state index contributed by atoms with van der Waals surface area (Å²) in [6.45, 7) is 0. The first kappa shape index (κ1) is 22.0. The number of aliphatic carboxylic acids is 1. The van der Waals surface area contributed by atoms with Crippen LogP contribution >= 0.6 is 21.6 Å². The second-order valence-electron chi connectivity index (χ2n) is 5.67. The number of carboxylic acids is 1. The van der Waals surface area contributed by atoms with Crippen LogP contribution in [0.25, 0.3) is 0 Å². The summed E-state index contributed by atoms with van der Waals surface area (Å²) in [5, 5.41) is 9.46. The number of carbonyl (C=O) groups is 2. The Kier molecular flexibility index (Phi) is 9.03. The van der Waals surface area contributed by atoms with E-state index in [0.717, 1.165) is 5.56 Å². The zero-order valence-corrected chi connectivity index (χ0v) is 17.3. The van der Waals surface area contributed by atoms with E-state index in [1.165, 1.54) is 21.6 Å². The van der Waals surface area contributed by atoms with Crippen molar-refractivity contribution in [1.82, 2.24) is 0 Å². The number of carbonyl (C=O) groups excluding carboxylic acids is 1. The topological polar surface area (TPSA) is 82.1 Å². The Morgan fingerprint density at radius 1 is 0.893 bits per heavy atom. The van der Waals surface area contributed by atoms with Crippen LogP contribution in [0.5, 0.6) is 17.2 Å². The molecule has 0 aliphatic carbocycles. The van der Waals surface area contributed by atoms with Crippen molar-refractivity contribution in [3.05, 3.63) is 54.1 Å². The lowest BCUT2D eigenvalue weighted by Crippen LogP contribution is -2.14. The van der Waals surface area contributed by atoms with Crippen LogP contribution in [0, 0.1) is 0 Å². The van der Waals surface area contributed by atoms with Gasteiger partial charge < -0.3 is 19.3 Å². The fourth-order valence-electron chi connectivity index (χ4n) is 2.27. The van der Waals surface area contributed by atoms with E-state index in [-0.39, 0.29) is 12.4 Å². The minimum absolute atomic E-state index is 0.240. The Morgan fingerprint density at radius 3 is 1.96 bits per heavy atom. The first-order chi connectivity index (χ1) is 13.5. The van der Waals surface area contributed by atoms with Gasteiger partial charge in [0, 0.05) is 11.5 Å². The number of hydrogen-bond acceptors (Lipinski definition) is 7. The van der Waals surface area contributed by atoms with Gasteiger partial charge in [0.2, 0.25) is 0 Å². The standard InChI is InChI=1S/C20H22O6S2/c1-24-15-5-3-14(4-6-15)18(20(22)23)13-28-27-12-11-19(21)26-17-9-7-16(25-2)8-10-17/h3-10,18H,11-13H2,1-2H3,(H,22,23). The summed E-state index contributed by atoms with van der Waals surface area (Å²) in [4.78, 5) is 23.4. The second kappa shape index (κ2) is 11.5. The molecule has 0 radical (unpaired) electrons. The van der Waals surface area contributed by atoms with Gasteiger partial charge in [-0.05, 0) is 42.0 Å². The van der Waals surface area contributed by atoms with E-state index in [0.29, 0.717) is 28.8 Å². The van der Waals surface area contributed by atoms with Gasteiger partial charge in [0.05, 0.1) is 26.6 Å². The molecule has 2 aromatic rings. The van der Waals surface area contributed by atoms with E-state index in [9.17, 15) is 14.7 Å². The maximum atomic E-state index is 11.9. The fraction of sp³-hybridized carbons (Fsp3) is 0.300. The number of hydrogen-bond donors (Lipinski definition) is 1. The monoisotopic (exact) mass is 422 g/mol. The van der Waals surface area contributed by atoms with Crippen molar-refractivity contribution in [2.45, 2.75) is 12.3 Å². The largest absolute Gasteiger partial charge is 0.497 e. The van der Waals surface area contributed by atoms with Crippen LogP contribution < -0.4 is 14.2 Å². The van der Waals surface area contributed by atoms with Crippen LogP contribution in [0.1, 0.15) is 17.9 Å². The molecule has 2 rings (SSSR count). The van der Waals surface area contributed by atoms with Crippen molar-refractivity contribution in [3.8, 4) is 17.2 Å². The van der Waals surface area contributed by atoms with Crippen molar-refractivity contribution >= 4 is 33.5 Å². The summed E-state index contributed by atoms with van der Waals surface area (Å²) in [6.07, 6.45) is 0.240. The molecule has 1 N–H and O–H groups in total. The summed E-state index contributed by atoms with van der Waals surface area (Å²) >= 11 is 0. The van der Waals surface area contributed by atoms with Crippen LogP contribution in [0.3, 0.4) is 0 Å². The number of ether oxygens (including phenoxy) is 3. The molecule has 0 aromatic heterocycles. The van der Waals surface area contributed by atoms with E-state index in [4.69, 9.17) is 14.2 Å². The smallest absolute Gasteiger partial charge is 0.312 e. The molecule has 0 saturated heterocycles. The van der Waals surface area contributed by atoms with Crippen LogP contribution in [-0.4, -0.2) is 42.8 Å². The molecular formula is C20H22O6S2. The van der Waals surface area contributed by atoms with Gasteiger partial charge in [0.25, 0.3) is 0 Å². The molecule has 0 bridgehead atoms. The van der Waals surface area contributed by atoms with E-state index < -0.39 is 11.9 Å². The van der Waals surface area contributed by atoms with Gasteiger partial charge in [0.15, 0.2) is 0 Å². The summed E-state index contributed by atoms with van der Waals surface area (Å²) < 4.78 is 15.4. The second-order valence-corrected chi connectivity index (χ2v) is 8.30.